The van der Waals surface area contributed by atoms with E-state index in [0.29, 0.717) is 0 Å². The molecule has 0 unspecified atom stereocenters. The quantitative estimate of drug-likeness (QED) is 0.794. The lowest BCUT2D eigenvalue weighted by Crippen LogP contribution is -2.09. The third-order valence-corrected chi connectivity index (χ3v) is 2.38. The second kappa shape index (κ2) is 5.35. The highest BCUT2D eigenvalue weighted by Gasteiger charge is 2.08. The van der Waals surface area contributed by atoms with Gasteiger partial charge < -0.3 is 10.1 Å². The molecule has 86 valence electrons. The fourth-order valence-electron chi connectivity index (χ4n) is 1.60. The van der Waals surface area contributed by atoms with Gasteiger partial charge in [-0.05, 0) is 38.5 Å². The molecule has 3 heteroatoms. The molecule has 16 heavy (non-hydrogen) atoms. The predicted octanol–water partition coefficient (Wildman–Crippen LogP) is 2.83. The molecule has 1 N–H and O–H groups in total. The predicted molar refractivity (Wildman–Crippen MR) is 65.9 cm³/mol. The topological polar surface area (TPSA) is 38.3 Å². The van der Waals surface area contributed by atoms with Crippen LogP contribution >= 0.6 is 0 Å². The maximum absolute atomic E-state index is 11.4. The van der Waals surface area contributed by atoms with Crippen LogP contribution < -0.4 is 10.1 Å². The Kier molecular flexibility index (Phi) is 4.11. The van der Waals surface area contributed by atoms with Gasteiger partial charge in [0.25, 0.3) is 0 Å². The molecule has 0 saturated carbocycles. The number of nitrogens with one attached hydrogen (secondary N) is 1. The second-order valence-corrected chi connectivity index (χ2v) is 3.58. The zero-order chi connectivity index (χ0) is 12.1. The summed E-state index contributed by atoms with van der Waals surface area (Å²) in [6.07, 6.45) is 3.20. The first kappa shape index (κ1) is 12.3. The number of hydrogen-bond acceptors (Lipinski definition) is 2. The molecule has 0 bridgehead atoms. The Balaban J connectivity index is 3.02. The van der Waals surface area contributed by atoms with Gasteiger partial charge in [0.05, 0.1) is 7.11 Å². The Hall–Kier alpha value is -1.77. The van der Waals surface area contributed by atoms with Gasteiger partial charge in [0.2, 0.25) is 5.91 Å². The van der Waals surface area contributed by atoms with Gasteiger partial charge in [-0.25, -0.2) is 0 Å². The summed E-state index contributed by atoms with van der Waals surface area (Å²) in [4.78, 5) is 11.4. The van der Waals surface area contributed by atoms with Crippen LogP contribution in [0.2, 0.25) is 0 Å². The molecule has 1 aromatic carbocycles. The lowest BCUT2D eigenvalue weighted by molar-refractivity contribution is -0.111. The summed E-state index contributed by atoms with van der Waals surface area (Å²) < 4.78 is 5.29. The van der Waals surface area contributed by atoms with Gasteiger partial charge in [0, 0.05) is 11.3 Å². The van der Waals surface area contributed by atoms with Crippen LogP contribution in [0.1, 0.15) is 18.1 Å². The van der Waals surface area contributed by atoms with Crippen molar-refractivity contribution >= 4 is 11.6 Å². The number of rotatable bonds is 3. The van der Waals surface area contributed by atoms with Crippen LogP contribution in [-0.2, 0) is 4.79 Å². The van der Waals surface area contributed by atoms with Crippen molar-refractivity contribution in [1.82, 2.24) is 0 Å². The largest absolute Gasteiger partial charge is 0.496 e. The number of aryl methyl sites for hydroxylation is 1. The van der Waals surface area contributed by atoms with Crippen LogP contribution in [-0.4, -0.2) is 13.0 Å². The normalized spacial score (nSPS) is 10.5. The maximum Gasteiger partial charge on any atom is 0.248 e. The SMILES string of the molecule is CC=CC(=O)Nc1ccc(C)c(OC)c1C. The first-order valence-electron chi connectivity index (χ1n) is 5.18. The van der Waals surface area contributed by atoms with Gasteiger partial charge in [0.15, 0.2) is 0 Å². The van der Waals surface area contributed by atoms with E-state index in [-0.39, 0.29) is 5.91 Å². The first-order chi connectivity index (χ1) is 7.60. The molecule has 0 radical (unpaired) electrons. The van der Waals surface area contributed by atoms with E-state index in [1.54, 1.807) is 13.2 Å². The fraction of sp³-hybridized carbons (Fsp3) is 0.308. The second-order valence-electron chi connectivity index (χ2n) is 3.58. The Labute approximate surface area is 96.1 Å². The lowest BCUT2D eigenvalue weighted by Gasteiger charge is -2.13. The van der Waals surface area contributed by atoms with Gasteiger partial charge in [0.1, 0.15) is 5.75 Å². The number of anilines is 1. The summed E-state index contributed by atoms with van der Waals surface area (Å²) >= 11 is 0. The van der Waals surface area contributed by atoms with Gasteiger partial charge >= 0.3 is 0 Å². The summed E-state index contributed by atoms with van der Waals surface area (Å²) in [5, 5.41) is 2.81. The zero-order valence-corrected chi connectivity index (χ0v) is 10.1. The molecule has 0 aliphatic carbocycles. The van der Waals surface area contributed by atoms with E-state index in [1.165, 1.54) is 6.08 Å². The average molecular weight is 219 g/mol. The molecule has 0 aliphatic heterocycles. The van der Waals surface area contributed by atoms with E-state index in [0.717, 1.165) is 22.6 Å². The minimum Gasteiger partial charge on any atom is -0.496 e. The smallest absolute Gasteiger partial charge is 0.248 e. The number of amides is 1. The molecule has 1 rings (SSSR count). The molecule has 0 atom stereocenters. The molecule has 0 aliphatic rings. The Morgan fingerprint density at radius 2 is 2.06 bits per heavy atom. The summed E-state index contributed by atoms with van der Waals surface area (Å²) in [6.45, 7) is 5.71. The van der Waals surface area contributed by atoms with Crippen LogP contribution in [0.25, 0.3) is 0 Å². The highest BCUT2D eigenvalue weighted by Crippen LogP contribution is 2.28. The van der Waals surface area contributed by atoms with Crippen molar-refractivity contribution in [3.63, 3.8) is 0 Å². The van der Waals surface area contributed by atoms with Crippen molar-refractivity contribution in [2.24, 2.45) is 0 Å². The summed E-state index contributed by atoms with van der Waals surface area (Å²) in [7, 11) is 1.63. The Morgan fingerprint density at radius 3 is 2.62 bits per heavy atom. The van der Waals surface area contributed by atoms with E-state index in [4.69, 9.17) is 4.74 Å². The maximum atomic E-state index is 11.4. The summed E-state index contributed by atoms with van der Waals surface area (Å²) in [5.41, 5.74) is 2.79. The summed E-state index contributed by atoms with van der Waals surface area (Å²) in [6, 6.07) is 3.81. The minimum absolute atomic E-state index is 0.128. The molecule has 0 aromatic heterocycles. The highest BCUT2D eigenvalue weighted by molar-refractivity contribution is 6.00. The average Bonchev–Trinajstić information content (AvgIpc) is 2.23. The monoisotopic (exact) mass is 219 g/mol. The van der Waals surface area contributed by atoms with E-state index in [2.05, 4.69) is 5.32 Å². The molecule has 3 nitrogen and oxygen atoms in total. The number of hydrogen-bond donors (Lipinski definition) is 1. The molecule has 1 amide bonds. The van der Waals surface area contributed by atoms with E-state index >= 15 is 0 Å². The van der Waals surface area contributed by atoms with Crippen LogP contribution in [0.4, 0.5) is 5.69 Å². The standard InChI is InChI=1S/C13H17NO2/c1-5-6-12(15)14-11-8-7-9(2)13(16-4)10(11)3/h5-8H,1-4H3,(H,14,15). The van der Waals surface area contributed by atoms with E-state index in [9.17, 15) is 4.79 Å². The molecule has 0 spiro atoms. The molecule has 0 heterocycles. The van der Waals surface area contributed by atoms with Gasteiger partial charge in [-0.15, -0.1) is 0 Å². The third kappa shape index (κ3) is 2.63. The third-order valence-electron chi connectivity index (χ3n) is 2.38. The lowest BCUT2D eigenvalue weighted by atomic mass is 10.1. The van der Waals surface area contributed by atoms with Gasteiger partial charge in [-0.2, -0.15) is 0 Å². The van der Waals surface area contributed by atoms with Crippen molar-refractivity contribution in [2.45, 2.75) is 20.8 Å². The fourth-order valence-corrected chi connectivity index (χ4v) is 1.60. The summed E-state index contributed by atoms with van der Waals surface area (Å²) in [5.74, 6) is 0.690. The Morgan fingerprint density at radius 1 is 1.38 bits per heavy atom. The van der Waals surface area contributed by atoms with E-state index in [1.807, 2.05) is 32.9 Å². The molecule has 0 fully saturated rings. The number of carbonyl (C=O) groups excluding carboxylic acids is 1. The van der Waals surface area contributed by atoms with Crippen molar-refractivity contribution in [3.8, 4) is 5.75 Å². The van der Waals surface area contributed by atoms with Gasteiger partial charge in [-0.1, -0.05) is 12.1 Å². The highest BCUT2D eigenvalue weighted by atomic mass is 16.5. The number of methoxy groups -OCH3 is 1. The van der Waals surface area contributed by atoms with Crippen LogP contribution in [0.5, 0.6) is 5.75 Å². The van der Waals surface area contributed by atoms with Crippen LogP contribution in [0.15, 0.2) is 24.3 Å². The number of allylic oxidation sites excluding steroid dienone is 1. The number of benzene rings is 1. The van der Waals surface area contributed by atoms with Crippen LogP contribution in [0, 0.1) is 13.8 Å². The van der Waals surface area contributed by atoms with Crippen LogP contribution in [0.3, 0.4) is 0 Å². The number of ether oxygens (including phenoxy) is 1. The van der Waals surface area contributed by atoms with Crippen molar-refractivity contribution in [2.75, 3.05) is 12.4 Å². The number of carbonyl (C=O) groups is 1. The zero-order valence-electron chi connectivity index (χ0n) is 10.1. The Bertz CT molecular complexity index is 422. The molecular formula is C13H17NO2. The first-order valence-corrected chi connectivity index (χ1v) is 5.18. The molecular weight excluding hydrogens is 202 g/mol. The minimum atomic E-state index is -0.128. The van der Waals surface area contributed by atoms with Crippen molar-refractivity contribution < 1.29 is 9.53 Å². The molecule has 1 aromatic rings. The van der Waals surface area contributed by atoms with Gasteiger partial charge in [-0.3, -0.25) is 4.79 Å². The van der Waals surface area contributed by atoms with E-state index < -0.39 is 0 Å². The van der Waals surface area contributed by atoms with Crippen molar-refractivity contribution in [1.29, 1.82) is 0 Å². The molecule has 0 saturated heterocycles. The van der Waals surface area contributed by atoms with Crippen molar-refractivity contribution in [3.05, 3.63) is 35.4 Å².